The zero-order chi connectivity index (χ0) is 11.6. The van der Waals surface area contributed by atoms with Gasteiger partial charge in [-0.15, -0.1) is 0 Å². The first-order valence-corrected chi connectivity index (χ1v) is 5.68. The van der Waals surface area contributed by atoms with E-state index in [1.807, 2.05) is 6.92 Å². The molecule has 1 fully saturated rings. The number of aryl methyl sites for hydroxylation is 1. The molecule has 1 unspecified atom stereocenters. The summed E-state index contributed by atoms with van der Waals surface area (Å²) in [5.74, 6) is 0.291. The lowest BCUT2D eigenvalue weighted by Gasteiger charge is -2.24. The zero-order valence-corrected chi connectivity index (χ0v) is 9.80. The highest BCUT2D eigenvalue weighted by atomic mass is 16.3. The molecule has 0 spiro atoms. The Morgan fingerprint density at radius 1 is 1.69 bits per heavy atom. The highest BCUT2D eigenvalue weighted by molar-refractivity contribution is 5.92. The Kier molecular flexibility index (Phi) is 3.01. The number of hydrogen-bond donors (Lipinski definition) is 2. The van der Waals surface area contributed by atoms with Crippen LogP contribution in [0.1, 0.15) is 35.9 Å². The molecular formula is C12H18N2O2. The van der Waals surface area contributed by atoms with Gasteiger partial charge in [-0.3, -0.25) is 4.79 Å². The molecule has 1 aliphatic heterocycles. The van der Waals surface area contributed by atoms with E-state index in [1.54, 1.807) is 12.3 Å². The molecule has 0 radical (unpaired) electrons. The molecule has 4 nitrogen and oxygen atoms in total. The van der Waals surface area contributed by atoms with E-state index >= 15 is 0 Å². The average molecular weight is 222 g/mol. The van der Waals surface area contributed by atoms with E-state index in [9.17, 15) is 4.79 Å². The second-order valence-corrected chi connectivity index (χ2v) is 4.71. The fourth-order valence-electron chi connectivity index (χ4n) is 2.07. The van der Waals surface area contributed by atoms with Crippen molar-refractivity contribution < 1.29 is 9.21 Å². The molecule has 1 atom stereocenters. The van der Waals surface area contributed by atoms with Crippen molar-refractivity contribution in [2.24, 2.45) is 0 Å². The first kappa shape index (κ1) is 11.2. The largest absolute Gasteiger partial charge is 0.459 e. The van der Waals surface area contributed by atoms with Crippen molar-refractivity contribution in [3.63, 3.8) is 0 Å². The third kappa shape index (κ3) is 2.27. The molecule has 4 heteroatoms. The smallest absolute Gasteiger partial charge is 0.287 e. The van der Waals surface area contributed by atoms with Crippen LogP contribution in [0.3, 0.4) is 0 Å². The molecule has 1 aliphatic rings. The lowest BCUT2D eigenvalue weighted by molar-refractivity contribution is 0.0914. The first-order chi connectivity index (χ1) is 7.61. The van der Waals surface area contributed by atoms with Crippen LogP contribution in [0.25, 0.3) is 0 Å². The molecule has 1 aromatic rings. The van der Waals surface area contributed by atoms with E-state index in [1.165, 1.54) is 6.42 Å². The maximum Gasteiger partial charge on any atom is 0.287 e. The Morgan fingerprint density at radius 3 is 3.06 bits per heavy atom. The minimum Gasteiger partial charge on any atom is -0.459 e. The van der Waals surface area contributed by atoms with Gasteiger partial charge in [0, 0.05) is 17.6 Å². The molecule has 16 heavy (non-hydrogen) atoms. The van der Waals surface area contributed by atoms with Gasteiger partial charge in [-0.2, -0.15) is 0 Å². The average Bonchev–Trinajstić information content (AvgIpc) is 2.85. The maximum absolute atomic E-state index is 11.8. The summed E-state index contributed by atoms with van der Waals surface area (Å²) in [7, 11) is 0. The van der Waals surface area contributed by atoms with Crippen LogP contribution < -0.4 is 10.6 Å². The second-order valence-electron chi connectivity index (χ2n) is 4.71. The summed E-state index contributed by atoms with van der Waals surface area (Å²) in [6, 6.07) is 1.80. The summed E-state index contributed by atoms with van der Waals surface area (Å²) in [6.45, 7) is 5.68. The number of carbonyl (C=O) groups excluding carboxylic acids is 1. The van der Waals surface area contributed by atoms with E-state index < -0.39 is 0 Å². The molecule has 2 rings (SSSR count). The van der Waals surface area contributed by atoms with Crippen molar-refractivity contribution in [3.8, 4) is 0 Å². The van der Waals surface area contributed by atoms with Crippen LogP contribution in [0.2, 0.25) is 0 Å². The molecular weight excluding hydrogens is 204 g/mol. The van der Waals surface area contributed by atoms with Gasteiger partial charge in [0.1, 0.15) is 0 Å². The molecule has 1 saturated heterocycles. The van der Waals surface area contributed by atoms with Crippen molar-refractivity contribution >= 4 is 5.91 Å². The van der Waals surface area contributed by atoms with Gasteiger partial charge in [-0.25, -0.2) is 0 Å². The third-order valence-electron chi connectivity index (χ3n) is 3.16. The molecule has 0 saturated carbocycles. The van der Waals surface area contributed by atoms with Gasteiger partial charge < -0.3 is 15.1 Å². The van der Waals surface area contributed by atoms with E-state index in [-0.39, 0.29) is 11.4 Å². The summed E-state index contributed by atoms with van der Waals surface area (Å²) in [5, 5.41) is 6.32. The number of hydrogen-bond acceptors (Lipinski definition) is 3. The van der Waals surface area contributed by atoms with Crippen molar-refractivity contribution in [1.82, 2.24) is 10.6 Å². The van der Waals surface area contributed by atoms with Crippen molar-refractivity contribution in [2.45, 2.75) is 32.2 Å². The van der Waals surface area contributed by atoms with E-state index in [0.717, 1.165) is 18.5 Å². The summed E-state index contributed by atoms with van der Waals surface area (Å²) in [4.78, 5) is 11.8. The SMILES string of the molecule is Cc1ccoc1C(=O)NCC1(C)CCCN1. The Bertz CT molecular complexity index is 378. The van der Waals surface area contributed by atoms with Gasteiger partial charge in [-0.1, -0.05) is 0 Å². The maximum atomic E-state index is 11.8. The van der Waals surface area contributed by atoms with Gasteiger partial charge in [0.25, 0.3) is 5.91 Å². The van der Waals surface area contributed by atoms with E-state index in [0.29, 0.717) is 12.3 Å². The van der Waals surface area contributed by atoms with Crippen LogP contribution in [0.5, 0.6) is 0 Å². The Labute approximate surface area is 95.4 Å². The summed E-state index contributed by atoms with van der Waals surface area (Å²) in [6.07, 6.45) is 3.82. The predicted octanol–water partition coefficient (Wildman–Crippen LogP) is 1.46. The lowest BCUT2D eigenvalue weighted by atomic mass is 10.0. The third-order valence-corrected chi connectivity index (χ3v) is 3.16. The summed E-state index contributed by atoms with van der Waals surface area (Å²) < 4.78 is 5.14. The van der Waals surface area contributed by atoms with Gasteiger partial charge in [0.05, 0.1) is 6.26 Å². The minimum absolute atomic E-state index is 0.0379. The van der Waals surface area contributed by atoms with Gasteiger partial charge in [0.15, 0.2) is 5.76 Å². The Balaban J connectivity index is 1.91. The molecule has 1 amide bonds. The van der Waals surface area contributed by atoms with E-state index in [2.05, 4.69) is 17.6 Å². The molecule has 0 bridgehead atoms. The Hall–Kier alpha value is -1.29. The molecule has 2 N–H and O–H groups in total. The van der Waals surface area contributed by atoms with Crippen molar-refractivity contribution in [3.05, 3.63) is 23.7 Å². The van der Waals surface area contributed by atoms with E-state index in [4.69, 9.17) is 4.42 Å². The molecule has 88 valence electrons. The predicted molar refractivity (Wildman–Crippen MR) is 61.4 cm³/mol. The zero-order valence-electron chi connectivity index (χ0n) is 9.80. The van der Waals surface area contributed by atoms with Crippen LogP contribution >= 0.6 is 0 Å². The van der Waals surface area contributed by atoms with Gasteiger partial charge in [-0.05, 0) is 39.3 Å². The molecule has 1 aromatic heterocycles. The Morgan fingerprint density at radius 2 is 2.50 bits per heavy atom. The summed E-state index contributed by atoms with van der Waals surface area (Å²) >= 11 is 0. The normalized spacial score (nSPS) is 24.6. The fraction of sp³-hybridized carbons (Fsp3) is 0.583. The fourth-order valence-corrected chi connectivity index (χ4v) is 2.07. The number of rotatable bonds is 3. The quantitative estimate of drug-likeness (QED) is 0.814. The topological polar surface area (TPSA) is 54.3 Å². The number of furan rings is 1. The van der Waals surface area contributed by atoms with Gasteiger partial charge in [0.2, 0.25) is 0 Å². The summed E-state index contributed by atoms with van der Waals surface area (Å²) in [5.41, 5.74) is 0.915. The monoisotopic (exact) mass is 222 g/mol. The highest BCUT2D eigenvalue weighted by Crippen LogP contribution is 2.17. The first-order valence-electron chi connectivity index (χ1n) is 5.68. The van der Waals surface area contributed by atoms with Crippen molar-refractivity contribution in [2.75, 3.05) is 13.1 Å². The minimum atomic E-state index is -0.127. The molecule has 0 aliphatic carbocycles. The van der Waals surface area contributed by atoms with Crippen LogP contribution in [-0.2, 0) is 0 Å². The van der Waals surface area contributed by atoms with Crippen LogP contribution in [0.4, 0.5) is 0 Å². The van der Waals surface area contributed by atoms with Crippen LogP contribution in [0, 0.1) is 6.92 Å². The van der Waals surface area contributed by atoms with Crippen LogP contribution in [0.15, 0.2) is 16.7 Å². The molecule has 0 aromatic carbocycles. The van der Waals surface area contributed by atoms with Gasteiger partial charge >= 0.3 is 0 Å². The van der Waals surface area contributed by atoms with Crippen molar-refractivity contribution in [1.29, 1.82) is 0 Å². The second kappa shape index (κ2) is 4.29. The number of nitrogens with one attached hydrogen (secondary N) is 2. The lowest BCUT2D eigenvalue weighted by Crippen LogP contribution is -2.47. The van der Waals surface area contributed by atoms with Crippen LogP contribution in [-0.4, -0.2) is 24.5 Å². The molecule has 2 heterocycles. The highest BCUT2D eigenvalue weighted by Gasteiger charge is 2.28. The number of amides is 1. The number of carbonyl (C=O) groups is 1. The standard InChI is InChI=1S/C12H18N2O2/c1-9-4-7-16-10(9)11(15)13-8-12(2)5-3-6-14-12/h4,7,14H,3,5-6,8H2,1-2H3,(H,13,15).